The topological polar surface area (TPSA) is 135 Å². The van der Waals surface area contributed by atoms with E-state index in [4.69, 9.17) is 0 Å². The van der Waals surface area contributed by atoms with Crippen molar-refractivity contribution in [1.82, 2.24) is 39.9 Å². The molecule has 0 saturated carbocycles. The summed E-state index contributed by atoms with van der Waals surface area (Å²) in [5, 5.41) is -5.63. The van der Waals surface area contributed by atoms with E-state index in [0.717, 1.165) is 7.11 Å². The van der Waals surface area contributed by atoms with Crippen LogP contribution in [0.2, 0.25) is 0 Å². The van der Waals surface area contributed by atoms with Crippen molar-refractivity contribution < 1.29 is 75.4 Å². The molecule has 0 unspecified atom stereocenters. The molecule has 0 spiro atoms. The van der Waals surface area contributed by atoms with Gasteiger partial charge < -0.3 is 14.7 Å². The van der Waals surface area contributed by atoms with E-state index in [1.807, 2.05) is 0 Å². The van der Waals surface area contributed by atoms with Crippen molar-refractivity contribution >= 4 is 61.9 Å². The smallest absolute Gasteiger partial charge is 0.337 e. The van der Waals surface area contributed by atoms with E-state index >= 15 is 39.5 Å². The van der Waals surface area contributed by atoms with Gasteiger partial charge in [-0.2, -0.15) is 0 Å². The van der Waals surface area contributed by atoms with E-state index in [-0.39, 0.29) is 22.2 Å². The van der Waals surface area contributed by atoms with Crippen molar-refractivity contribution in [2.75, 3.05) is 7.11 Å². The van der Waals surface area contributed by atoms with Crippen LogP contribution >= 0.6 is 11.8 Å². The molecule has 2 N–H and O–H groups in total. The highest BCUT2D eigenvalue weighted by Crippen LogP contribution is 2.48. The van der Waals surface area contributed by atoms with Gasteiger partial charge in [0.2, 0.25) is 0 Å². The van der Waals surface area contributed by atoms with Crippen LogP contribution in [0.15, 0.2) is 34.1 Å². The lowest BCUT2D eigenvalue weighted by atomic mass is 10.1. The highest BCUT2D eigenvalue weighted by atomic mass is 32.2. The number of hydrogen-bond acceptors (Lipinski definition) is 9. The summed E-state index contributed by atoms with van der Waals surface area (Å²) in [6.07, 6.45) is 0. The van der Waals surface area contributed by atoms with E-state index in [9.17, 15) is 31.1 Å². The van der Waals surface area contributed by atoms with Crippen LogP contribution in [0.3, 0.4) is 0 Å². The predicted molar refractivity (Wildman–Crippen MR) is 197 cm³/mol. The van der Waals surface area contributed by atoms with Gasteiger partial charge in [-0.05, 0) is 24.3 Å². The number of aromatic amines is 2. The lowest BCUT2D eigenvalue weighted by molar-refractivity contribution is 0.0600. The van der Waals surface area contributed by atoms with Crippen LogP contribution in [0, 0.1) is 87.3 Å². The number of nitrogens with one attached hydrogen (secondary N) is 2. The van der Waals surface area contributed by atoms with Crippen LogP contribution in [-0.4, -0.2) is 53.0 Å². The standard InChI is InChI=1S/C40H9F15N8O2S/c1-65-40(64)6-2-4-7(5-3-6)66-31-15-14(22(47)29(54)30(31)55)38-61-36-11-10(18(43)25(50)26(51)19(11)44)34(59-36)57-32-8-9(17(42)24(49)23(48)16(8)41)33(56-32)58-35-12-13(37(60-35)62-39(15)63-38)21(46)28(53)27(52)20(12)45/h2-5H,1H3,(H2,56,57,58,59,60,61,62,63). The van der Waals surface area contributed by atoms with Gasteiger partial charge in [0.25, 0.3) is 0 Å². The van der Waals surface area contributed by atoms with Gasteiger partial charge in [-0.3, -0.25) is 0 Å². The number of fused-ring (bicyclic) bond motifs is 20. The largest absolute Gasteiger partial charge is 0.465 e. The summed E-state index contributed by atoms with van der Waals surface area (Å²) < 4.78 is 236. The third kappa shape index (κ3) is 5.78. The Morgan fingerprint density at radius 2 is 0.712 bits per heavy atom. The maximum atomic E-state index is 16.2. The average Bonchev–Trinajstić information content (AvgIpc) is 4.05. The molecule has 0 fully saturated rings. The molecule has 0 amide bonds. The van der Waals surface area contributed by atoms with Gasteiger partial charge in [-0.1, -0.05) is 11.8 Å². The number of aromatic nitrogens is 8. The molecular weight excluding hydrogens is 942 g/mol. The molecule has 0 radical (unpaired) electrons. The second kappa shape index (κ2) is 14.6. The van der Waals surface area contributed by atoms with Crippen LogP contribution in [0.5, 0.6) is 0 Å². The second-order valence-corrected chi connectivity index (χ2v) is 14.9. The van der Waals surface area contributed by atoms with Crippen LogP contribution in [0.1, 0.15) is 10.4 Å². The molecule has 26 heteroatoms. The van der Waals surface area contributed by atoms with E-state index in [2.05, 4.69) is 44.6 Å². The molecule has 8 aromatic rings. The zero-order valence-electron chi connectivity index (χ0n) is 31.4. The van der Waals surface area contributed by atoms with E-state index in [0.29, 0.717) is 0 Å². The quantitative estimate of drug-likeness (QED) is 0.0768. The average molecular weight is 951 g/mol. The molecule has 10 rings (SSSR count). The minimum absolute atomic E-state index is 0.0401. The maximum Gasteiger partial charge on any atom is 0.337 e. The summed E-state index contributed by atoms with van der Waals surface area (Å²) in [6, 6.07) is 4.68. The predicted octanol–water partition coefficient (Wildman–Crippen LogP) is 10.9. The summed E-state index contributed by atoms with van der Waals surface area (Å²) >= 11 is 0.285. The molecule has 332 valence electrons. The number of hydrogen-bond donors (Lipinski definition) is 2. The number of halogens is 15. The molecule has 8 bridgehead atoms. The SMILES string of the molecule is COC(=O)c1ccc(Sc2c(F)c(F)c(F)c3c2-c2nc-3nc3[nH]c(nc4nc(nc5[nH]c(n2)c2c(F)c(F)c(F)c(F)c52)-c2c(F)c(F)c(F)c(F)c2-4)c2c(F)c(F)c(F)c(F)c32)cc1. The maximum absolute atomic E-state index is 16.2. The number of esters is 1. The zero-order valence-corrected chi connectivity index (χ0v) is 32.2. The number of H-pyrrole nitrogens is 2. The fraction of sp³-hybridized carbons (Fsp3) is 0.0250. The summed E-state index contributed by atoms with van der Waals surface area (Å²) in [7, 11) is 1.06. The third-order valence-electron chi connectivity index (χ3n) is 10.2. The van der Waals surface area contributed by atoms with Crippen LogP contribution in [0.4, 0.5) is 65.9 Å². The molecule has 10 nitrogen and oxygen atoms in total. The van der Waals surface area contributed by atoms with Gasteiger partial charge >= 0.3 is 5.97 Å². The van der Waals surface area contributed by atoms with Crippen molar-refractivity contribution in [3.8, 4) is 45.6 Å². The second-order valence-electron chi connectivity index (χ2n) is 13.8. The number of benzene rings is 5. The summed E-state index contributed by atoms with van der Waals surface area (Å²) in [6.45, 7) is 0. The van der Waals surface area contributed by atoms with E-state index in [1.165, 1.54) is 24.3 Å². The van der Waals surface area contributed by atoms with Gasteiger partial charge in [-0.15, -0.1) is 0 Å². The normalized spacial score (nSPS) is 12.1. The van der Waals surface area contributed by atoms with Crippen LogP contribution in [0.25, 0.3) is 89.7 Å². The fourth-order valence-electron chi connectivity index (χ4n) is 7.24. The third-order valence-corrected chi connectivity index (χ3v) is 11.3. The van der Waals surface area contributed by atoms with Gasteiger partial charge in [0.05, 0.1) is 61.4 Å². The Balaban J connectivity index is 1.44. The molecule has 5 aromatic carbocycles. The Morgan fingerprint density at radius 1 is 0.409 bits per heavy atom. The molecular formula is C40H9F15N8O2S. The van der Waals surface area contributed by atoms with Crippen molar-refractivity contribution in [2.24, 2.45) is 0 Å². The number of rotatable bonds is 3. The molecule has 2 aliphatic heterocycles. The Labute approximate surface area is 356 Å². The minimum atomic E-state index is -2.53. The van der Waals surface area contributed by atoms with Crippen LogP contribution in [-0.2, 0) is 4.74 Å². The lowest BCUT2D eigenvalue weighted by Crippen LogP contribution is -2.01. The molecule has 3 aromatic heterocycles. The first-order valence-electron chi connectivity index (χ1n) is 17.8. The van der Waals surface area contributed by atoms with E-state index in [1.54, 1.807) is 0 Å². The Hall–Kier alpha value is -7.77. The van der Waals surface area contributed by atoms with Gasteiger partial charge in [0, 0.05) is 4.90 Å². The van der Waals surface area contributed by atoms with Gasteiger partial charge in [0.15, 0.2) is 111 Å². The molecule has 2 aliphatic rings. The van der Waals surface area contributed by atoms with Crippen molar-refractivity contribution in [1.29, 1.82) is 0 Å². The highest BCUT2D eigenvalue weighted by molar-refractivity contribution is 7.99. The van der Waals surface area contributed by atoms with Crippen molar-refractivity contribution in [2.45, 2.75) is 9.79 Å². The van der Waals surface area contributed by atoms with Crippen LogP contribution < -0.4 is 0 Å². The number of ether oxygens (including phenoxy) is 1. The molecule has 0 saturated heterocycles. The Morgan fingerprint density at radius 3 is 1.06 bits per heavy atom. The zero-order chi connectivity index (χ0) is 47.1. The molecule has 0 atom stereocenters. The fourth-order valence-corrected chi connectivity index (χ4v) is 8.22. The number of carbonyl (C=O) groups is 1. The summed E-state index contributed by atoms with van der Waals surface area (Å²) in [5.41, 5.74) is -10.0. The number of nitrogens with zero attached hydrogens (tertiary/aromatic N) is 6. The van der Waals surface area contributed by atoms with Crippen molar-refractivity contribution in [3.05, 3.63) is 117 Å². The Kier molecular flexibility index (Phi) is 9.35. The lowest BCUT2D eigenvalue weighted by Gasteiger charge is -2.12. The monoisotopic (exact) mass is 950 g/mol. The highest BCUT2D eigenvalue weighted by Gasteiger charge is 2.37. The van der Waals surface area contributed by atoms with Crippen molar-refractivity contribution in [3.63, 3.8) is 0 Å². The summed E-state index contributed by atoms with van der Waals surface area (Å²) in [4.78, 5) is 38.0. The number of methoxy groups -OCH3 is 1. The first-order valence-corrected chi connectivity index (χ1v) is 18.6. The first kappa shape index (κ1) is 42.2. The van der Waals surface area contributed by atoms with Gasteiger partial charge in [-0.25, -0.2) is 101 Å². The summed E-state index contributed by atoms with van der Waals surface area (Å²) in [5.74, 6) is -40.9. The van der Waals surface area contributed by atoms with Gasteiger partial charge in [0.1, 0.15) is 22.6 Å². The first-order chi connectivity index (χ1) is 31.3. The Bertz CT molecular complexity index is 3760. The van der Waals surface area contributed by atoms with E-state index < -0.39 is 188 Å². The minimum Gasteiger partial charge on any atom is -0.465 e. The molecule has 0 aliphatic carbocycles. The molecule has 66 heavy (non-hydrogen) atoms. The molecule has 5 heterocycles. The number of carbonyl (C=O) groups excluding carboxylic acids is 1.